The Hall–Kier alpha value is -1.13. The maximum atomic E-state index is 4.59. The van der Waals surface area contributed by atoms with Crippen LogP contribution in [0.2, 0.25) is 0 Å². The van der Waals surface area contributed by atoms with Gasteiger partial charge in [-0.3, -0.25) is 0 Å². The summed E-state index contributed by atoms with van der Waals surface area (Å²) in [5, 5.41) is 6.30. The number of benzene rings is 1. The van der Waals surface area contributed by atoms with E-state index in [1.165, 1.54) is 23.2 Å². The molecule has 108 valence electrons. The van der Waals surface area contributed by atoms with Crippen LogP contribution >= 0.6 is 11.5 Å². The second-order valence-corrected chi connectivity index (χ2v) is 7.38. The third-order valence-electron chi connectivity index (χ3n) is 3.87. The monoisotopic (exact) mass is 289 g/mol. The van der Waals surface area contributed by atoms with E-state index in [1.807, 2.05) is 0 Å². The van der Waals surface area contributed by atoms with Gasteiger partial charge in [0.2, 0.25) is 0 Å². The summed E-state index contributed by atoms with van der Waals surface area (Å²) in [6.07, 6.45) is 2.55. The zero-order chi connectivity index (χ0) is 14.2. The summed E-state index contributed by atoms with van der Waals surface area (Å²) < 4.78 is 4.59. The molecule has 0 radical (unpaired) electrons. The van der Waals surface area contributed by atoms with Gasteiger partial charge in [0.15, 0.2) is 0 Å². The Morgan fingerprint density at radius 3 is 2.95 bits per heavy atom. The lowest BCUT2D eigenvalue weighted by atomic mass is 10.1. The van der Waals surface area contributed by atoms with Gasteiger partial charge in [-0.2, -0.15) is 4.37 Å². The molecule has 1 atom stereocenters. The minimum atomic E-state index is 0.185. The van der Waals surface area contributed by atoms with Gasteiger partial charge < -0.3 is 10.2 Å². The molecule has 1 fully saturated rings. The molecule has 1 aliphatic rings. The molecule has 0 amide bonds. The maximum Gasteiger partial charge on any atom is 0.120 e. The van der Waals surface area contributed by atoms with E-state index in [1.54, 1.807) is 11.5 Å². The fraction of sp³-hybridized carbons (Fsp3) is 0.562. The molecule has 3 nitrogen and oxygen atoms in total. The van der Waals surface area contributed by atoms with E-state index in [0.29, 0.717) is 6.04 Å². The first-order valence-electron chi connectivity index (χ1n) is 7.41. The minimum Gasteiger partial charge on any atom is -0.357 e. The van der Waals surface area contributed by atoms with E-state index in [9.17, 15) is 0 Å². The molecular weight excluding hydrogens is 266 g/mol. The molecule has 0 saturated carbocycles. The van der Waals surface area contributed by atoms with Crippen LogP contribution in [0.25, 0.3) is 10.9 Å². The SMILES string of the molecule is CC(C)(C)NCC1CCCN1c1snc2ccccc12. The first-order chi connectivity index (χ1) is 9.54. The quantitative estimate of drug-likeness (QED) is 0.935. The number of anilines is 1. The van der Waals surface area contributed by atoms with Gasteiger partial charge in [-0.1, -0.05) is 12.1 Å². The lowest BCUT2D eigenvalue weighted by molar-refractivity contribution is 0.405. The maximum absolute atomic E-state index is 4.59. The fourth-order valence-corrected chi connectivity index (χ4v) is 3.78. The minimum absolute atomic E-state index is 0.185. The van der Waals surface area contributed by atoms with Crippen LogP contribution in [0.5, 0.6) is 0 Å². The van der Waals surface area contributed by atoms with Crippen molar-refractivity contribution in [2.24, 2.45) is 0 Å². The summed E-state index contributed by atoms with van der Waals surface area (Å²) in [4.78, 5) is 2.55. The third-order valence-corrected chi connectivity index (χ3v) is 4.79. The summed E-state index contributed by atoms with van der Waals surface area (Å²) in [6.45, 7) is 8.90. The first kappa shape index (κ1) is 13.8. The van der Waals surface area contributed by atoms with Crippen molar-refractivity contribution in [1.82, 2.24) is 9.69 Å². The van der Waals surface area contributed by atoms with Crippen LogP contribution in [-0.4, -0.2) is 29.0 Å². The van der Waals surface area contributed by atoms with Gasteiger partial charge in [0.1, 0.15) is 5.00 Å². The Balaban J connectivity index is 1.81. The molecule has 20 heavy (non-hydrogen) atoms. The van der Waals surface area contributed by atoms with Crippen molar-refractivity contribution >= 4 is 27.4 Å². The van der Waals surface area contributed by atoms with Crippen LogP contribution in [0.4, 0.5) is 5.00 Å². The normalized spacial score (nSPS) is 19.9. The number of nitrogens with zero attached hydrogens (tertiary/aromatic N) is 2. The van der Waals surface area contributed by atoms with Gasteiger partial charge in [-0.05, 0) is 57.3 Å². The predicted octanol–water partition coefficient (Wildman–Crippen LogP) is 3.65. The second kappa shape index (κ2) is 5.34. The Bertz CT molecular complexity index is 585. The van der Waals surface area contributed by atoms with Gasteiger partial charge >= 0.3 is 0 Å². The second-order valence-electron chi connectivity index (χ2n) is 6.63. The predicted molar refractivity (Wildman–Crippen MR) is 87.7 cm³/mol. The van der Waals surface area contributed by atoms with Crippen LogP contribution < -0.4 is 10.2 Å². The molecule has 3 rings (SSSR count). The Morgan fingerprint density at radius 2 is 2.15 bits per heavy atom. The Labute approximate surface area is 125 Å². The van der Waals surface area contributed by atoms with Crippen LogP contribution in [0, 0.1) is 0 Å². The molecular formula is C16H23N3S. The van der Waals surface area contributed by atoms with Gasteiger partial charge in [0.05, 0.1) is 5.52 Å². The van der Waals surface area contributed by atoms with Gasteiger partial charge in [-0.15, -0.1) is 0 Å². The fourth-order valence-electron chi connectivity index (χ4n) is 2.82. The highest BCUT2D eigenvalue weighted by Crippen LogP contribution is 2.35. The Kier molecular flexibility index (Phi) is 3.69. The molecule has 1 saturated heterocycles. The molecule has 0 aliphatic carbocycles. The van der Waals surface area contributed by atoms with E-state index < -0.39 is 0 Å². The number of hydrogen-bond donors (Lipinski definition) is 1. The number of rotatable bonds is 3. The van der Waals surface area contributed by atoms with Crippen molar-refractivity contribution in [2.75, 3.05) is 18.0 Å². The Morgan fingerprint density at radius 1 is 1.35 bits per heavy atom. The van der Waals surface area contributed by atoms with Crippen molar-refractivity contribution in [3.63, 3.8) is 0 Å². The van der Waals surface area contributed by atoms with Crippen molar-refractivity contribution in [2.45, 2.75) is 45.2 Å². The van der Waals surface area contributed by atoms with Crippen molar-refractivity contribution < 1.29 is 0 Å². The van der Waals surface area contributed by atoms with Crippen LogP contribution in [0.15, 0.2) is 24.3 Å². The summed E-state index contributed by atoms with van der Waals surface area (Å²) in [7, 11) is 0. The van der Waals surface area contributed by atoms with Crippen LogP contribution in [-0.2, 0) is 0 Å². The summed E-state index contributed by atoms with van der Waals surface area (Å²) in [5.41, 5.74) is 1.31. The van der Waals surface area contributed by atoms with Crippen molar-refractivity contribution in [3.05, 3.63) is 24.3 Å². The smallest absolute Gasteiger partial charge is 0.120 e. The van der Waals surface area contributed by atoms with Crippen molar-refractivity contribution in [1.29, 1.82) is 0 Å². The standard InChI is InChI=1S/C16H23N3S/c1-16(2,3)17-11-12-7-6-10-19(12)15-13-8-4-5-9-14(13)18-20-15/h4-5,8-9,12,17H,6-7,10-11H2,1-3H3. The largest absolute Gasteiger partial charge is 0.357 e. The van der Waals surface area contributed by atoms with E-state index in [0.717, 1.165) is 18.6 Å². The first-order valence-corrected chi connectivity index (χ1v) is 8.18. The molecule has 1 aromatic heterocycles. The van der Waals surface area contributed by atoms with Gasteiger partial charge in [-0.25, -0.2) is 0 Å². The number of nitrogens with one attached hydrogen (secondary N) is 1. The lowest BCUT2D eigenvalue weighted by Crippen LogP contribution is -2.45. The molecule has 4 heteroatoms. The molecule has 1 N–H and O–H groups in total. The molecule has 1 aliphatic heterocycles. The van der Waals surface area contributed by atoms with E-state index >= 15 is 0 Å². The highest BCUT2D eigenvalue weighted by Gasteiger charge is 2.28. The summed E-state index contributed by atoms with van der Waals surface area (Å²) in [5.74, 6) is 0. The lowest BCUT2D eigenvalue weighted by Gasteiger charge is -2.29. The van der Waals surface area contributed by atoms with Crippen LogP contribution in [0.3, 0.4) is 0 Å². The number of hydrogen-bond acceptors (Lipinski definition) is 4. The van der Waals surface area contributed by atoms with Crippen LogP contribution in [0.1, 0.15) is 33.6 Å². The average molecular weight is 289 g/mol. The topological polar surface area (TPSA) is 28.2 Å². The molecule has 0 bridgehead atoms. The zero-order valence-electron chi connectivity index (χ0n) is 12.5. The number of fused-ring (bicyclic) bond motifs is 1. The van der Waals surface area contributed by atoms with Crippen molar-refractivity contribution in [3.8, 4) is 0 Å². The van der Waals surface area contributed by atoms with E-state index in [-0.39, 0.29) is 5.54 Å². The molecule has 2 heterocycles. The highest BCUT2D eigenvalue weighted by atomic mass is 32.1. The zero-order valence-corrected chi connectivity index (χ0v) is 13.3. The number of aromatic nitrogens is 1. The summed E-state index contributed by atoms with van der Waals surface area (Å²) >= 11 is 1.65. The van der Waals surface area contributed by atoms with Gasteiger partial charge in [0, 0.05) is 30.1 Å². The van der Waals surface area contributed by atoms with Gasteiger partial charge in [0.25, 0.3) is 0 Å². The highest BCUT2D eigenvalue weighted by molar-refractivity contribution is 7.11. The molecule has 0 spiro atoms. The third kappa shape index (κ3) is 2.81. The average Bonchev–Trinajstić information content (AvgIpc) is 3.01. The molecule has 1 unspecified atom stereocenters. The van der Waals surface area contributed by atoms with E-state index in [2.05, 4.69) is 59.6 Å². The molecule has 2 aromatic rings. The van der Waals surface area contributed by atoms with E-state index in [4.69, 9.17) is 0 Å². The molecule has 1 aromatic carbocycles. The summed E-state index contributed by atoms with van der Waals surface area (Å²) in [6, 6.07) is 9.07.